The Bertz CT molecular complexity index is 657. The number of carbonyl (C=O) groups is 1. The Morgan fingerprint density at radius 2 is 1.89 bits per heavy atom. The van der Waals surface area contributed by atoms with E-state index in [1.165, 1.54) is 6.07 Å². The Morgan fingerprint density at radius 3 is 2.44 bits per heavy atom. The quantitative estimate of drug-likeness (QED) is 0.699. The summed E-state index contributed by atoms with van der Waals surface area (Å²) < 4.78 is 0. The van der Waals surface area contributed by atoms with Gasteiger partial charge in [-0.3, -0.25) is 4.79 Å². The van der Waals surface area contributed by atoms with E-state index in [0.29, 0.717) is 16.9 Å². The van der Waals surface area contributed by atoms with E-state index < -0.39 is 11.5 Å². The van der Waals surface area contributed by atoms with Crippen molar-refractivity contribution in [3.63, 3.8) is 0 Å². The van der Waals surface area contributed by atoms with Gasteiger partial charge in [0.2, 0.25) is 0 Å². The molecule has 0 unspecified atom stereocenters. The van der Waals surface area contributed by atoms with Crippen molar-refractivity contribution in [1.82, 2.24) is 4.98 Å². The van der Waals surface area contributed by atoms with Crippen LogP contribution in [0.2, 0.25) is 0 Å². The van der Waals surface area contributed by atoms with Crippen LogP contribution in [0.15, 0.2) is 35.1 Å². The second kappa shape index (κ2) is 4.37. The first kappa shape index (κ1) is 11.9. The number of carboxylic acid groups (broad SMARTS) is 1. The van der Waals surface area contributed by atoms with E-state index >= 15 is 0 Å². The van der Waals surface area contributed by atoms with Crippen molar-refractivity contribution in [3.05, 3.63) is 51.8 Å². The van der Waals surface area contributed by atoms with Crippen LogP contribution < -0.4 is 11.3 Å². The fraction of sp³-hybridized carbons (Fsp3) is 0.0769. The predicted octanol–water partition coefficient (Wildman–Crippen LogP) is 1.63. The number of nitrogens with two attached hydrogens (primary N) is 1. The largest absolute Gasteiger partial charge is 0.477 e. The van der Waals surface area contributed by atoms with Crippen molar-refractivity contribution < 1.29 is 9.90 Å². The zero-order chi connectivity index (χ0) is 13.3. The fourth-order valence-corrected chi connectivity index (χ4v) is 1.74. The molecular weight excluding hydrogens is 232 g/mol. The molecule has 0 bridgehead atoms. The number of aromatic nitrogens is 1. The lowest BCUT2D eigenvalue weighted by molar-refractivity contribution is 0.0695. The molecule has 1 aromatic heterocycles. The zero-order valence-electron chi connectivity index (χ0n) is 9.73. The summed E-state index contributed by atoms with van der Waals surface area (Å²) in [6, 6.07) is 8.35. The molecule has 0 spiro atoms. The van der Waals surface area contributed by atoms with Crippen LogP contribution in [0.3, 0.4) is 0 Å². The summed E-state index contributed by atoms with van der Waals surface area (Å²) in [5, 5.41) is 8.85. The van der Waals surface area contributed by atoms with Crippen molar-refractivity contribution in [2.45, 2.75) is 6.92 Å². The van der Waals surface area contributed by atoms with E-state index in [0.717, 1.165) is 5.56 Å². The summed E-state index contributed by atoms with van der Waals surface area (Å²) in [5.41, 5.74) is 7.42. The first-order valence-corrected chi connectivity index (χ1v) is 5.32. The van der Waals surface area contributed by atoms with Gasteiger partial charge in [-0.25, -0.2) is 4.79 Å². The van der Waals surface area contributed by atoms with E-state index in [1.54, 1.807) is 31.2 Å². The van der Waals surface area contributed by atoms with Crippen LogP contribution >= 0.6 is 0 Å². The summed E-state index contributed by atoms with van der Waals surface area (Å²) in [7, 11) is 0. The third-order valence-electron chi connectivity index (χ3n) is 2.67. The monoisotopic (exact) mass is 244 g/mol. The van der Waals surface area contributed by atoms with Crippen LogP contribution in [-0.2, 0) is 0 Å². The predicted molar refractivity (Wildman–Crippen MR) is 68.6 cm³/mol. The highest BCUT2D eigenvalue weighted by atomic mass is 16.4. The maximum atomic E-state index is 11.6. The molecule has 18 heavy (non-hydrogen) atoms. The van der Waals surface area contributed by atoms with Gasteiger partial charge in [0.25, 0.3) is 5.56 Å². The summed E-state index contributed by atoms with van der Waals surface area (Å²) in [5.74, 6) is -1.23. The minimum Gasteiger partial charge on any atom is -0.477 e. The number of aromatic amines is 1. The molecule has 92 valence electrons. The van der Waals surface area contributed by atoms with E-state index in [2.05, 4.69) is 4.98 Å². The molecule has 0 saturated carbocycles. The highest BCUT2D eigenvalue weighted by molar-refractivity contribution is 5.88. The molecular formula is C13H12N2O3. The molecule has 0 saturated heterocycles. The summed E-state index contributed by atoms with van der Waals surface area (Å²) in [4.78, 5) is 25.0. The number of aryl methyl sites for hydroxylation is 1. The molecule has 0 fully saturated rings. The molecule has 0 amide bonds. The number of carboxylic acids is 1. The third-order valence-corrected chi connectivity index (χ3v) is 2.67. The highest BCUT2D eigenvalue weighted by Crippen LogP contribution is 2.21. The van der Waals surface area contributed by atoms with Crippen LogP contribution in [0.5, 0.6) is 0 Å². The number of benzene rings is 1. The Morgan fingerprint density at radius 1 is 1.28 bits per heavy atom. The number of aromatic carboxylic acids is 1. The molecule has 4 N–H and O–H groups in total. The van der Waals surface area contributed by atoms with Gasteiger partial charge >= 0.3 is 5.97 Å². The molecule has 5 heteroatoms. The fourth-order valence-electron chi connectivity index (χ4n) is 1.74. The van der Waals surface area contributed by atoms with Gasteiger partial charge in [-0.05, 0) is 36.2 Å². The van der Waals surface area contributed by atoms with E-state index in [4.69, 9.17) is 10.8 Å². The van der Waals surface area contributed by atoms with E-state index in [-0.39, 0.29) is 5.56 Å². The van der Waals surface area contributed by atoms with Crippen molar-refractivity contribution >= 4 is 11.7 Å². The smallest absolute Gasteiger partial charge is 0.341 e. The molecule has 0 aliphatic carbocycles. The highest BCUT2D eigenvalue weighted by Gasteiger charge is 2.12. The Balaban J connectivity index is 2.60. The second-order valence-electron chi connectivity index (χ2n) is 4.00. The standard InChI is InChI=1S/C13H12N2O3/c1-7-6-10(13(17)18)12(16)15-11(7)8-2-4-9(14)5-3-8/h2-6H,14H2,1H3,(H,15,16)(H,17,18). The average Bonchev–Trinajstić information content (AvgIpc) is 2.32. The number of pyridine rings is 1. The molecule has 0 aliphatic heterocycles. The van der Waals surface area contributed by atoms with Crippen LogP contribution in [0, 0.1) is 6.92 Å². The summed E-state index contributed by atoms with van der Waals surface area (Å²) >= 11 is 0. The van der Waals surface area contributed by atoms with Gasteiger partial charge in [-0.2, -0.15) is 0 Å². The number of nitrogens with one attached hydrogen (secondary N) is 1. The number of H-pyrrole nitrogens is 1. The summed E-state index contributed by atoms with van der Waals surface area (Å²) in [6.45, 7) is 1.74. The molecule has 1 aromatic carbocycles. The van der Waals surface area contributed by atoms with Gasteiger partial charge < -0.3 is 15.8 Å². The molecule has 0 atom stereocenters. The molecule has 2 aromatic rings. The zero-order valence-corrected chi connectivity index (χ0v) is 9.73. The normalized spacial score (nSPS) is 10.3. The Labute approximate surface area is 103 Å². The minimum atomic E-state index is -1.23. The van der Waals surface area contributed by atoms with Gasteiger partial charge in [0.1, 0.15) is 5.56 Å². The maximum absolute atomic E-state index is 11.6. The lowest BCUT2D eigenvalue weighted by atomic mass is 10.0. The van der Waals surface area contributed by atoms with Crippen LogP contribution in [0.1, 0.15) is 15.9 Å². The second-order valence-corrected chi connectivity index (χ2v) is 4.00. The number of anilines is 1. The third kappa shape index (κ3) is 2.10. The lowest BCUT2D eigenvalue weighted by Gasteiger charge is -2.07. The Kier molecular flexibility index (Phi) is 2.89. The number of nitrogen functional groups attached to an aromatic ring is 1. The van der Waals surface area contributed by atoms with Gasteiger partial charge in [-0.1, -0.05) is 12.1 Å². The lowest BCUT2D eigenvalue weighted by Crippen LogP contribution is -2.18. The van der Waals surface area contributed by atoms with Crippen molar-refractivity contribution in [2.24, 2.45) is 0 Å². The van der Waals surface area contributed by atoms with Crippen molar-refractivity contribution in [2.75, 3.05) is 5.73 Å². The molecule has 0 radical (unpaired) electrons. The average molecular weight is 244 g/mol. The first-order chi connectivity index (χ1) is 8.49. The molecule has 2 rings (SSSR count). The summed E-state index contributed by atoms with van der Waals surface area (Å²) in [6.07, 6.45) is 0. The number of hydrogen-bond acceptors (Lipinski definition) is 3. The van der Waals surface area contributed by atoms with E-state index in [9.17, 15) is 9.59 Å². The number of rotatable bonds is 2. The molecule has 0 aliphatic rings. The van der Waals surface area contributed by atoms with Gasteiger partial charge in [0, 0.05) is 5.69 Å². The van der Waals surface area contributed by atoms with Crippen LogP contribution in [0.25, 0.3) is 11.3 Å². The Hall–Kier alpha value is -2.56. The number of hydrogen-bond donors (Lipinski definition) is 3. The topological polar surface area (TPSA) is 96.2 Å². The van der Waals surface area contributed by atoms with Gasteiger partial charge in [0.15, 0.2) is 0 Å². The maximum Gasteiger partial charge on any atom is 0.341 e. The van der Waals surface area contributed by atoms with Crippen LogP contribution in [-0.4, -0.2) is 16.1 Å². The molecule has 1 heterocycles. The van der Waals surface area contributed by atoms with Gasteiger partial charge in [0.05, 0.1) is 5.69 Å². The van der Waals surface area contributed by atoms with Crippen molar-refractivity contribution in [1.29, 1.82) is 0 Å². The minimum absolute atomic E-state index is 0.258. The van der Waals surface area contributed by atoms with Crippen molar-refractivity contribution in [3.8, 4) is 11.3 Å². The van der Waals surface area contributed by atoms with E-state index in [1.807, 2.05) is 0 Å². The SMILES string of the molecule is Cc1cc(C(=O)O)c(=O)[nH]c1-c1ccc(N)cc1. The molecule has 5 nitrogen and oxygen atoms in total. The first-order valence-electron chi connectivity index (χ1n) is 5.32. The van der Waals surface area contributed by atoms with Gasteiger partial charge in [-0.15, -0.1) is 0 Å². The van der Waals surface area contributed by atoms with Crippen LogP contribution in [0.4, 0.5) is 5.69 Å².